The smallest absolute Gasteiger partial charge is 0.0518 e. The highest BCUT2D eigenvalue weighted by atomic mass is 16.5. The standard InChI is InChI=1S/C22H36N2O/c1-17(2)24-12-5-6-20-7-8-21(16-22(20)24)23-13-9-19(10-14-23)11-15-25-18(3)4/h7-8,16-19H,5-6,9-15H2,1-4H3. The Hall–Kier alpha value is -1.22. The molecule has 0 spiro atoms. The van der Waals surface area contributed by atoms with Crippen LogP contribution in [0.4, 0.5) is 11.4 Å². The van der Waals surface area contributed by atoms with Gasteiger partial charge in [0.2, 0.25) is 0 Å². The lowest BCUT2D eigenvalue weighted by Crippen LogP contribution is -2.37. The van der Waals surface area contributed by atoms with E-state index < -0.39 is 0 Å². The lowest BCUT2D eigenvalue weighted by Gasteiger charge is -2.38. The van der Waals surface area contributed by atoms with E-state index in [4.69, 9.17) is 4.74 Å². The van der Waals surface area contributed by atoms with Crippen LogP contribution in [0, 0.1) is 5.92 Å². The molecule has 3 heteroatoms. The van der Waals surface area contributed by atoms with Gasteiger partial charge in [-0.1, -0.05) is 6.07 Å². The molecule has 140 valence electrons. The van der Waals surface area contributed by atoms with Crippen LogP contribution in [0.5, 0.6) is 0 Å². The van der Waals surface area contributed by atoms with Crippen molar-refractivity contribution in [3.8, 4) is 0 Å². The summed E-state index contributed by atoms with van der Waals surface area (Å²) in [6, 6.07) is 7.77. The first-order valence-electron chi connectivity index (χ1n) is 10.3. The maximum absolute atomic E-state index is 5.73. The summed E-state index contributed by atoms with van der Waals surface area (Å²) in [5.74, 6) is 0.833. The van der Waals surface area contributed by atoms with Crippen LogP contribution in [0.15, 0.2) is 18.2 Å². The number of benzene rings is 1. The molecule has 1 saturated heterocycles. The minimum atomic E-state index is 0.361. The molecule has 2 aliphatic heterocycles. The number of aryl methyl sites for hydroxylation is 1. The van der Waals surface area contributed by atoms with E-state index in [1.807, 2.05) is 0 Å². The molecular formula is C22H36N2O. The number of anilines is 2. The molecule has 0 radical (unpaired) electrons. The van der Waals surface area contributed by atoms with Gasteiger partial charge in [-0.3, -0.25) is 0 Å². The van der Waals surface area contributed by atoms with Crippen molar-refractivity contribution < 1.29 is 4.74 Å². The second kappa shape index (κ2) is 8.44. The van der Waals surface area contributed by atoms with Crippen LogP contribution in [-0.2, 0) is 11.2 Å². The van der Waals surface area contributed by atoms with Crippen LogP contribution in [0.25, 0.3) is 0 Å². The van der Waals surface area contributed by atoms with Crippen LogP contribution in [0.1, 0.15) is 58.9 Å². The van der Waals surface area contributed by atoms with E-state index in [9.17, 15) is 0 Å². The quantitative estimate of drug-likeness (QED) is 0.731. The average Bonchev–Trinajstić information content (AvgIpc) is 2.61. The second-order valence-corrected chi connectivity index (χ2v) is 8.34. The predicted molar refractivity (Wildman–Crippen MR) is 108 cm³/mol. The summed E-state index contributed by atoms with van der Waals surface area (Å²) in [6.45, 7) is 13.4. The van der Waals surface area contributed by atoms with Crippen LogP contribution in [-0.4, -0.2) is 38.4 Å². The van der Waals surface area contributed by atoms with Gasteiger partial charge < -0.3 is 14.5 Å². The fraction of sp³-hybridized carbons (Fsp3) is 0.727. The van der Waals surface area contributed by atoms with Crippen molar-refractivity contribution in [3.05, 3.63) is 23.8 Å². The van der Waals surface area contributed by atoms with Gasteiger partial charge in [0, 0.05) is 43.7 Å². The zero-order valence-corrected chi connectivity index (χ0v) is 16.6. The fourth-order valence-electron chi connectivity index (χ4n) is 4.27. The summed E-state index contributed by atoms with van der Waals surface area (Å²) in [7, 11) is 0. The van der Waals surface area contributed by atoms with Crippen molar-refractivity contribution in [2.45, 2.75) is 71.9 Å². The summed E-state index contributed by atoms with van der Waals surface area (Å²) in [5.41, 5.74) is 4.43. The second-order valence-electron chi connectivity index (χ2n) is 8.34. The van der Waals surface area contributed by atoms with Crippen LogP contribution in [0.2, 0.25) is 0 Å². The predicted octanol–water partition coefficient (Wildman–Crippen LogP) is 4.88. The van der Waals surface area contributed by atoms with Crippen LogP contribution in [0.3, 0.4) is 0 Å². The zero-order valence-electron chi connectivity index (χ0n) is 16.6. The molecule has 2 aliphatic rings. The van der Waals surface area contributed by atoms with Crippen molar-refractivity contribution >= 4 is 11.4 Å². The van der Waals surface area contributed by atoms with Crippen LogP contribution >= 0.6 is 0 Å². The Morgan fingerprint density at radius 1 is 1.08 bits per heavy atom. The lowest BCUT2D eigenvalue weighted by molar-refractivity contribution is 0.0661. The van der Waals surface area contributed by atoms with Gasteiger partial charge in [0.05, 0.1) is 6.10 Å². The molecular weight excluding hydrogens is 308 g/mol. The third kappa shape index (κ3) is 4.69. The van der Waals surface area contributed by atoms with Gasteiger partial charge in [-0.2, -0.15) is 0 Å². The first-order chi connectivity index (χ1) is 12.0. The molecule has 1 fully saturated rings. The van der Waals surface area contributed by atoms with Gasteiger partial charge in [-0.15, -0.1) is 0 Å². The lowest BCUT2D eigenvalue weighted by atomic mass is 9.93. The van der Waals surface area contributed by atoms with E-state index in [2.05, 4.69) is 55.7 Å². The third-order valence-electron chi connectivity index (χ3n) is 5.80. The summed E-state index contributed by atoms with van der Waals surface area (Å²) in [5, 5.41) is 0. The first kappa shape index (κ1) is 18.6. The molecule has 3 nitrogen and oxygen atoms in total. The van der Waals surface area contributed by atoms with Crippen molar-refractivity contribution in [2.24, 2.45) is 5.92 Å². The maximum Gasteiger partial charge on any atom is 0.0518 e. The molecule has 0 amide bonds. The SMILES string of the molecule is CC(C)OCCC1CCN(c2ccc3c(c2)N(C(C)C)CCC3)CC1. The molecule has 0 aliphatic carbocycles. The highest BCUT2D eigenvalue weighted by Gasteiger charge is 2.23. The summed E-state index contributed by atoms with van der Waals surface area (Å²) in [6.07, 6.45) is 6.70. The minimum Gasteiger partial charge on any atom is -0.379 e. The number of fused-ring (bicyclic) bond motifs is 1. The fourth-order valence-corrected chi connectivity index (χ4v) is 4.27. The molecule has 0 N–H and O–H groups in total. The Kier molecular flexibility index (Phi) is 6.27. The van der Waals surface area contributed by atoms with E-state index in [0.29, 0.717) is 12.1 Å². The molecule has 0 saturated carbocycles. The van der Waals surface area contributed by atoms with Crippen molar-refractivity contribution in [1.82, 2.24) is 0 Å². The molecule has 2 heterocycles. The highest BCUT2D eigenvalue weighted by Crippen LogP contribution is 2.34. The number of hydrogen-bond donors (Lipinski definition) is 0. The molecule has 1 aromatic carbocycles. The zero-order chi connectivity index (χ0) is 17.8. The molecule has 0 unspecified atom stereocenters. The van der Waals surface area contributed by atoms with Gasteiger partial charge in [-0.05, 0) is 83.4 Å². The number of piperidine rings is 1. The summed E-state index contributed by atoms with van der Waals surface area (Å²) >= 11 is 0. The number of nitrogens with zero attached hydrogens (tertiary/aromatic N) is 2. The van der Waals surface area contributed by atoms with Gasteiger partial charge >= 0.3 is 0 Å². The van der Waals surface area contributed by atoms with Gasteiger partial charge in [0.25, 0.3) is 0 Å². The number of hydrogen-bond acceptors (Lipinski definition) is 3. The molecule has 0 aromatic heterocycles. The van der Waals surface area contributed by atoms with E-state index >= 15 is 0 Å². The topological polar surface area (TPSA) is 15.7 Å². The summed E-state index contributed by atoms with van der Waals surface area (Å²) in [4.78, 5) is 5.17. The Labute approximate surface area is 154 Å². The van der Waals surface area contributed by atoms with Crippen molar-refractivity contribution in [1.29, 1.82) is 0 Å². The molecule has 0 atom stereocenters. The minimum absolute atomic E-state index is 0.361. The molecule has 3 rings (SSSR count). The Balaban J connectivity index is 1.59. The van der Waals surface area contributed by atoms with Crippen molar-refractivity contribution in [2.75, 3.05) is 36.0 Å². The van der Waals surface area contributed by atoms with E-state index in [-0.39, 0.29) is 0 Å². The average molecular weight is 345 g/mol. The Morgan fingerprint density at radius 3 is 2.52 bits per heavy atom. The normalized spacial score (nSPS) is 19.0. The summed E-state index contributed by atoms with van der Waals surface area (Å²) < 4.78 is 5.73. The first-order valence-corrected chi connectivity index (χ1v) is 10.3. The molecule has 1 aromatic rings. The van der Waals surface area contributed by atoms with Gasteiger partial charge in [0.15, 0.2) is 0 Å². The maximum atomic E-state index is 5.73. The van der Waals surface area contributed by atoms with Crippen molar-refractivity contribution in [3.63, 3.8) is 0 Å². The Bertz CT molecular complexity index is 547. The van der Waals surface area contributed by atoms with Crippen LogP contribution < -0.4 is 9.80 Å². The third-order valence-corrected chi connectivity index (χ3v) is 5.80. The van der Waals surface area contributed by atoms with E-state index in [1.165, 1.54) is 68.7 Å². The molecule has 0 bridgehead atoms. The largest absolute Gasteiger partial charge is 0.379 e. The Morgan fingerprint density at radius 2 is 1.84 bits per heavy atom. The van der Waals surface area contributed by atoms with E-state index in [1.54, 1.807) is 0 Å². The monoisotopic (exact) mass is 344 g/mol. The van der Waals surface area contributed by atoms with Gasteiger partial charge in [0.1, 0.15) is 0 Å². The number of ether oxygens (including phenoxy) is 1. The number of rotatable bonds is 6. The molecule has 25 heavy (non-hydrogen) atoms. The van der Waals surface area contributed by atoms with E-state index in [0.717, 1.165) is 12.5 Å². The highest BCUT2D eigenvalue weighted by molar-refractivity contribution is 5.65. The van der Waals surface area contributed by atoms with Gasteiger partial charge in [-0.25, -0.2) is 0 Å².